The van der Waals surface area contributed by atoms with E-state index < -0.39 is 0 Å². The summed E-state index contributed by atoms with van der Waals surface area (Å²) in [6, 6.07) is 14.2. The molecule has 1 heterocycles. The maximum absolute atomic E-state index is 12.6. The van der Waals surface area contributed by atoms with Crippen LogP contribution in [0, 0.1) is 19.8 Å². The fraction of sp³-hybridized carbons (Fsp3) is 0.333. The van der Waals surface area contributed by atoms with Gasteiger partial charge in [0.25, 0.3) is 0 Å². The molecule has 0 N–H and O–H groups in total. The van der Waals surface area contributed by atoms with Crippen LogP contribution in [-0.2, 0) is 20.7 Å². The topological polar surface area (TPSA) is 46.6 Å². The van der Waals surface area contributed by atoms with E-state index in [4.69, 9.17) is 0 Å². The second kappa shape index (κ2) is 8.87. The van der Waals surface area contributed by atoms with E-state index >= 15 is 0 Å². The molecule has 1 fully saturated rings. The number of hydrogen-bond donors (Lipinski definition) is 0. The average molecular weight is 377 g/mol. The monoisotopic (exact) mass is 377 g/mol. The lowest BCUT2D eigenvalue weighted by molar-refractivity contribution is -0.134. The van der Waals surface area contributed by atoms with Crippen LogP contribution in [0.5, 0.6) is 0 Å². The maximum atomic E-state index is 12.6. The third-order valence-corrected chi connectivity index (χ3v) is 5.38. The van der Waals surface area contributed by atoms with Gasteiger partial charge in [-0.25, -0.2) is 4.79 Å². The van der Waals surface area contributed by atoms with Gasteiger partial charge in [-0.2, -0.15) is 0 Å². The predicted octanol–water partition coefficient (Wildman–Crippen LogP) is 4.48. The van der Waals surface area contributed by atoms with Crippen LogP contribution in [0.4, 0.5) is 5.69 Å². The second-order valence-electron chi connectivity index (χ2n) is 7.41. The summed E-state index contributed by atoms with van der Waals surface area (Å²) in [5.41, 5.74) is 5.52. The summed E-state index contributed by atoms with van der Waals surface area (Å²) in [4.78, 5) is 26.0. The summed E-state index contributed by atoms with van der Waals surface area (Å²) in [5, 5.41) is 0. The molecular weight excluding hydrogens is 350 g/mol. The van der Waals surface area contributed by atoms with E-state index in [0.29, 0.717) is 12.3 Å². The molecule has 1 atom stereocenters. The van der Waals surface area contributed by atoms with Crippen LogP contribution in [0.1, 0.15) is 35.1 Å². The first-order valence-electron chi connectivity index (χ1n) is 9.70. The highest BCUT2D eigenvalue weighted by molar-refractivity contribution is 5.95. The van der Waals surface area contributed by atoms with E-state index in [9.17, 15) is 9.59 Å². The van der Waals surface area contributed by atoms with Gasteiger partial charge < -0.3 is 9.64 Å². The van der Waals surface area contributed by atoms with Gasteiger partial charge in [0.1, 0.15) is 0 Å². The summed E-state index contributed by atoms with van der Waals surface area (Å²) in [6.45, 7) is 4.85. The van der Waals surface area contributed by atoms with Gasteiger partial charge >= 0.3 is 5.97 Å². The van der Waals surface area contributed by atoms with Crippen LogP contribution < -0.4 is 4.90 Å². The largest absolute Gasteiger partial charge is 0.466 e. The molecule has 0 spiro atoms. The Balaban J connectivity index is 1.80. The maximum Gasteiger partial charge on any atom is 0.330 e. The normalized spacial score (nSPS) is 17.2. The fourth-order valence-corrected chi connectivity index (χ4v) is 3.95. The number of methoxy groups -OCH3 is 1. The Morgan fingerprint density at radius 3 is 2.57 bits per heavy atom. The molecule has 0 aromatic heterocycles. The Labute approximate surface area is 166 Å². The number of carbonyl (C=O) groups is 2. The second-order valence-corrected chi connectivity index (χ2v) is 7.41. The molecule has 1 unspecified atom stereocenters. The van der Waals surface area contributed by atoms with Crippen molar-refractivity contribution in [3.63, 3.8) is 0 Å². The average Bonchev–Trinajstić information content (AvgIpc) is 2.69. The van der Waals surface area contributed by atoms with Crippen LogP contribution in [0.2, 0.25) is 0 Å². The Bertz CT molecular complexity index is 880. The third-order valence-electron chi connectivity index (χ3n) is 5.38. The van der Waals surface area contributed by atoms with Gasteiger partial charge in [-0.3, -0.25) is 4.79 Å². The zero-order valence-corrected chi connectivity index (χ0v) is 16.8. The summed E-state index contributed by atoms with van der Waals surface area (Å²) in [5.74, 6) is 0.219. The highest BCUT2D eigenvalue weighted by Gasteiger charge is 2.28. The molecule has 3 rings (SSSR count). The number of esters is 1. The van der Waals surface area contributed by atoms with Crippen molar-refractivity contribution in [3.8, 4) is 0 Å². The molecule has 0 radical (unpaired) electrons. The molecule has 146 valence electrons. The molecule has 28 heavy (non-hydrogen) atoms. The molecule has 1 amide bonds. The van der Waals surface area contributed by atoms with E-state index in [1.54, 1.807) is 6.08 Å². The summed E-state index contributed by atoms with van der Waals surface area (Å²) >= 11 is 0. The zero-order valence-electron chi connectivity index (χ0n) is 16.8. The van der Waals surface area contributed by atoms with Gasteiger partial charge in [-0.1, -0.05) is 42.5 Å². The Hall–Kier alpha value is -2.88. The molecule has 0 bridgehead atoms. The summed E-state index contributed by atoms with van der Waals surface area (Å²) in [6.07, 6.45) is 5.58. The highest BCUT2D eigenvalue weighted by atomic mass is 16.5. The first-order chi connectivity index (χ1) is 13.5. The lowest BCUT2D eigenvalue weighted by Gasteiger charge is -2.34. The number of anilines is 1. The van der Waals surface area contributed by atoms with Crippen molar-refractivity contribution in [1.82, 2.24) is 0 Å². The summed E-state index contributed by atoms with van der Waals surface area (Å²) < 4.78 is 4.69. The lowest BCUT2D eigenvalue weighted by atomic mass is 9.88. The number of benzene rings is 2. The number of piperidine rings is 1. The lowest BCUT2D eigenvalue weighted by Crippen LogP contribution is -2.41. The minimum Gasteiger partial charge on any atom is -0.466 e. The Morgan fingerprint density at radius 2 is 1.86 bits per heavy atom. The number of nitrogens with zero attached hydrogens (tertiary/aromatic N) is 1. The Morgan fingerprint density at radius 1 is 1.14 bits per heavy atom. The number of rotatable bonds is 5. The van der Waals surface area contributed by atoms with E-state index in [2.05, 4.69) is 36.8 Å². The summed E-state index contributed by atoms with van der Waals surface area (Å²) in [7, 11) is 1.37. The molecule has 4 heteroatoms. The van der Waals surface area contributed by atoms with Crippen LogP contribution in [0.3, 0.4) is 0 Å². The van der Waals surface area contributed by atoms with Crippen LogP contribution in [-0.4, -0.2) is 25.5 Å². The van der Waals surface area contributed by atoms with Crippen LogP contribution in [0.15, 0.2) is 48.5 Å². The van der Waals surface area contributed by atoms with Crippen molar-refractivity contribution in [2.75, 3.05) is 18.6 Å². The molecule has 4 nitrogen and oxygen atoms in total. The van der Waals surface area contributed by atoms with Gasteiger partial charge in [-0.05, 0) is 60.9 Å². The van der Waals surface area contributed by atoms with E-state index in [1.807, 2.05) is 29.2 Å². The van der Waals surface area contributed by atoms with Crippen molar-refractivity contribution in [2.45, 2.75) is 33.1 Å². The quantitative estimate of drug-likeness (QED) is 0.570. The fourth-order valence-electron chi connectivity index (χ4n) is 3.95. The zero-order chi connectivity index (χ0) is 20.1. The molecule has 2 aromatic rings. The van der Waals surface area contributed by atoms with Gasteiger partial charge in [0.2, 0.25) is 5.91 Å². The van der Waals surface area contributed by atoms with Gasteiger partial charge in [0.05, 0.1) is 7.11 Å². The van der Waals surface area contributed by atoms with Gasteiger partial charge in [0.15, 0.2) is 0 Å². The molecule has 1 aliphatic rings. The van der Waals surface area contributed by atoms with E-state index in [-0.39, 0.29) is 11.9 Å². The van der Waals surface area contributed by atoms with E-state index in [0.717, 1.165) is 41.8 Å². The highest BCUT2D eigenvalue weighted by Crippen LogP contribution is 2.31. The van der Waals surface area contributed by atoms with Crippen molar-refractivity contribution < 1.29 is 14.3 Å². The first-order valence-corrected chi connectivity index (χ1v) is 9.70. The van der Waals surface area contributed by atoms with Crippen molar-refractivity contribution >= 4 is 23.6 Å². The van der Waals surface area contributed by atoms with Crippen LogP contribution in [0.25, 0.3) is 6.08 Å². The van der Waals surface area contributed by atoms with Crippen molar-refractivity contribution in [1.29, 1.82) is 0 Å². The molecule has 0 saturated carbocycles. The van der Waals surface area contributed by atoms with Crippen molar-refractivity contribution in [2.24, 2.45) is 5.92 Å². The number of hydrogen-bond acceptors (Lipinski definition) is 3. The number of para-hydroxylation sites is 1. The standard InChI is InChI=1S/C24H27NO3/c1-17-7-6-8-18(2)24(17)25-16-19(11-13-22(25)26)15-21-10-5-4-9-20(21)12-14-23(27)28-3/h4-10,12,14,19H,11,13,15-16H2,1-3H3/b14-12+. The van der Waals surface area contributed by atoms with Gasteiger partial charge in [-0.15, -0.1) is 0 Å². The van der Waals surface area contributed by atoms with Crippen LogP contribution >= 0.6 is 0 Å². The minimum atomic E-state index is -0.362. The SMILES string of the molecule is COC(=O)/C=C/c1ccccc1CC1CCC(=O)N(c2c(C)cccc2C)C1. The number of amides is 1. The molecular formula is C24H27NO3. The number of ether oxygens (including phenoxy) is 1. The molecule has 1 aliphatic heterocycles. The number of carbonyl (C=O) groups excluding carboxylic acids is 2. The number of aryl methyl sites for hydroxylation is 2. The van der Waals surface area contributed by atoms with E-state index in [1.165, 1.54) is 18.7 Å². The smallest absolute Gasteiger partial charge is 0.330 e. The third kappa shape index (κ3) is 4.50. The minimum absolute atomic E-state index is 0.201. The molecule has 0 aliphatic carbocycles. The first kappa shape index (κ1) is 19.9. The van der Waals surface area contributed by atoms with Gasteiger partial charge in [0, 0.05) is 24.7 Å². The predicted molar refractivity (Wildman–Crippen MR) is 112 cm³/mol. The molecule has 2 aromatic carbocycles. The Kier molecular flexibility index (Phi) is 6.30. The van der Waals surface area contributed by atoms with Crippen molar-refractivity contribution in [3.05, 3.63) is 70.8 Å². The molecule has 1 saturated heterocycles.